The van der Waals surface area contributed by atoms with E-state index in [1.807, 2.05) is 26.0 Å². The minimum Gasteiger partial charge on any atom is -0.497 e. The summed E-state index contributed by atoms with van der Waals surface area (Å²) >= 11 is 0. The van der Waals surface area contributed by atoms with E-state index in [4.69, 9.17) is 4.74 Å². The number of hydrogen-bond acceptors (Lipinski definition) is 5. The van der Waals surface area contributed by atoms with E-state index < -0.39 is 40.9 Å². The van der Waals surface area contributed by atoms with Crippen LogP contribution < -0.4 is 20.3 Å². The van der Waals surface area contributed by atoms with Gasteiger partial charge in [0.15, 0.2) is 11.6 Å². The number of halogens is 4. The van der Waals surface area contributed by atoms with E-state index in [1.165, 1.54) is 6.07 Å². The number of hydrogen-bond donors (Lipinski definition) is 2. The first kappa shape index (κ1) is 26.7. The van der Waals surface area contributed by atoms with Gasteiger partial charge in [-0.05, 0) is 55.7 Å². The lowest BCUT2D eigenvalue weighted by Crippen LogP contribution is -2.33. The normalized spacial score (nSPS) is 12.7. The number of rotatable bonds is 8. The van der Waals surface area contributed by atoms with Crippen LogP contribution in [-0.4, -0.2) is 29.3 Å². The lowest BCUT2D eigenvalue weighted by molar-refractivity contribution is -0.275. The maximum atomic E-state index is 14.2. The Balaban J connectivity index is 1.86. The molecule has 0 fully saturated rings. The molecule has 0 saturated heterocycles. The molecule has 1 aromatic heterocycles. The number of ether oxygens (including phenoxy) is 2. The van der Waals surface area contributed by atoms with Crippen molar-refractivity contribution in [2.75, 3.05) is 7.11 Å². The summed E-state index contributed by atoms with van der Waals surface area (Å²) in [4.78, 5) is 32.4. The third kappa shape index (κ3) is 6.21. The van der Waals surface area contributed by atoms with Gasteiger partial charge in [0.1, 0.15) is 17.3 Å². The molecule has 1 amide bonds. The van der Waals surface area contributed by atoms with Crippen LogP contribution in [0.15, 0.2) is 53.3 Å². The van der Waals surface area contributed by atoms with Gasteiger partial charge in [0.05, 0.1) is 13.2 Å². The van der Waals surface area contributed by atoms with Crippen LogP contribution in [0.4, 0.5) is 17.6 Å². The highest BCUT2D eigenvalue weighted by Gasteiger charge is 2.33. The van der Waals surface area contributed by atoms with Crippen molar-refractivity contribution >= 4 is 5.91 Å². The zero-order chi connectivity index (χ0) is 26.7. The summed E-state index contributed by atoms with van der Waals surface area (Å²) in [6.45, 7) is 5.36. The van der Waals surface area contributed by atoms with Crippen molar-refractivity contribution in [2.24, 2.45) is 0 Å². The number of nitrogens with zero attached hydrogens (tertiary/aromatic N) is 1. The van der Waals surface area contributed by atoms with Crippen molar-refractivity contribution in [3.05, 3.63) is 87.3 Å². The van der Waals surface area contributed by atoms with Gasteiger partial charge in [-0.3, -0.25) is 9.59 Å². The quantitative estimate of drug-likeness (QED) is 0.418. The Morgan fingerprint density at radius 1 is 1.11 bits per heavy atom. The molecule has 192 valence electrons. The van der Waals surface area contributed by atoms with E-state index in [2.05, 4.69) is 20.0 Å². The molecule has 0 aliphatic heterocycles. The molecule has 0 radical (unpaired) electrons. The Morgan fingerprint density at radius 3 is 2.33 bits per heavy atom. The van der Waals surface area contributed by atoms with Gasteiger partial charge in [-0.15, -0.1) is 13.2 Å². The molecule has 0 aliphatic carbocycles. The van der Waals surface area contributed by atoms with Crippen molar-refractivity contribution in [3.63, 3.8) is 0 Å². The van der Waals surface area contributed by atoms with Crippen molar-refractivity contribution in [3.8, 4) is 11.5 Å². The van der Waals surface area contributed by atoms with Gasteiger partial charge in [-0.25, -0.2) is 9.37 Å². The molecule has 36 heavy (non-hydrogen) atoms. The zero-order valence-electron chi connectivity index (χ0n) is 20.0. The number of alkyl halides is 3. The second-order valence-corrected chi connectivity index (χ2v) is 8.50. The van der Waals surface area contributed by atoms with Crippen LogP contribution in [0.5, 0.6) is 11.5 Å². The molecule has 1 atom stereocenters. The predicted molar refractivity (Wildman–Crippen MR) is 124 cm³/mol. The molecular weight excluding hydrogens is 482 g/mol. The Labute approximate surface area is 204 Å². The predicted octanol–water partition coefficient (Wildman–Crippen LogP) is 5.02. The molecule has 3 rings (SSSR count). The van der Waals surface area contributed by atoms with E-state index >= 15 is 0 Å². The van der Waals surface area contributed by atoms with Crippen LogP contribution in [0.1, 0.15) is 60.7 Å². The molecule has 0 aliphatic rings. The van der Waals surface area contributed by atoms with E-state index in [9.17, 15) is 27.2 Å². The summed E-state index contributed by atoms with van der Waals surface area (Å²) in [6, 6.07) is 10.4. The molecule has 7 nitrogen and oxygen atoms in total. The molecule has 11 heteroatoms. The number of aromatic amines is 1. The molecule has 1 unspecified atom stereocenters. The number of carbonyl (C=O) groups excluding carboxylic acids is 1. The average Bonchev–Trinajstić information content (AvgIpc) is 2.82. The van der Waals surface area contributed by atoms with Crippen LogP contribution in [0.25, 0.3) is 0 Å². The SMILES string of the molecule is CCC(NC(=O)c1cc(=O)[nH]c(C(C)(C)c2ccc(OC)cc2)n1)c1ccc(OC(F)(F)F)c(F)c1. The van der Waals surface area contributed by atoms with Crippen molar-refractivity contribution in [1.29, 1.82) is 0 Å². The minimum absolute atomic E-state index is 0.161. The zero-order valence-corrected chi connectivity index (χ0v) is 20.0. The second kappa shape index (κ2) is 10.4. The lowest BCUT2D eigenvalue weighted by Gasteiger charge is -2.25. The van der Waals surface area contributed by atoms with Gasteiger partial charge in [-0.2, -0.15) is 0 Å². The Morgan fingerprint density at radius 2 is 1.78 bits per heavy atom. The molecule has 2 aromatic carbocycles. The minimum atomic E-state index is -5.04. The summed E-state index contributed by atoms with van der Waals surface area (Å²) in [6.07, 6.45) is -4.75. The molecular formula is C25H25F4N3O4. The first-order valence-electron chi connectivity index (χ1n) is 11.0. The van der Waals surface area contributed by atoms with Crippen LogP contribution in [0.3, 0.4) is 0 Å². The summed E-state index contributed by atoms with van der Waals surface area (Å²) in [5.41, 5.74) is -0.442. The highest BCUT2D eigenvalue weighted by molar-refractivity contribution is 5.92. The molecule has 3 aromatic rings. The molecule has 0 bridgehead atoms. The van der Waals surface area contributed by atoms with Crippen LogP contribution in [0.2, 0.25) is 0 Å². The van der Waals surface area contributed by atoms with Crippen LogP contribution >= 0.6 is 0 Å². The Bertz CT molecular complexity index is 1290. The third-order valence-electron chi connectivity index (χ3n) is 5.68. The summed E-state index contributed by atoms with van der Waals surface area (Å²) in [5.74, 6) is -2.00. The number of nitrogens with one attached hydrogen (secondary N) is 2. The molecule has 2 N–H and O–H groups in total. The van der Waals surface area contributed by atoms with Gasteiger partial charge in [0.2, 0.25) is 0 Å². The molecule has 0 saturated carbocycles. The topological polar surface area (TPSA) is 93.3 Å². The summed E-state index contributed by atoms with van der Waals surface area (Å²) < 4.78 is 60.2. The maximum absolute atomic E-state index is 14.2. The van der Waals surface area contributed by atoms with E-state index in [0.717, 1.165) is 23.8 Å². The first-order valence-corrected chi connectivity index (χ1v) is 11.0. The lowest BCUT2D eigenvalue weighted by atomic mass is 9.83. The maximum Gasteiger partial charge on any atom is 0.573 e. The number of methoxy groups -OCH3 is 1. The second-order valence-electron chi connectivity index (χ2n) is 8.50. The highest BCUT2D eigenvalue weighted by atomic mass is 19.4. The summed E-state index contributed by atoms with van der Waals surface area (Å²) in [5, 5.41) is 2.65. The number of amides is 1. The van der Waals surface area contributed by atoms with Gasteiger partial charge >= 0.3 is 6.36 Å². The van der Waals surface area contributed by atoms with Crippen molar-refractivity contribution in [1.82, 2.24) is 15.3 Å². The molecule has 1 heterocycles. The standard InChI is InChI=1S/C25H25F4N3O4/c1-5-18(14-6-11-20(17(26)12-14)36-25(27,28)29)30-22(34)19-13-21(33)32-23(31-19)24(2,3)15-7-9-16(35-4)10-8-15/h6-13,18H,5H2,1-4H3,(H,30,34)(H,31,32,33). The largest absolute Gasteiger partial charge is 0.573 e. The Hall–Kier alpha value is -3.89. The van der Waals surface area contributed by atoms with E-state index in [0.29, 0.717) is 5.75 Å². The monoisotopic (exact) mass is 507 g/mol. The van der Waals surface area contributed by atoms with Gasteiger partial charge in [-0.1, -0.05) is 25.1 Å². The first-order chi connectivity index (χ1) is 16.8. The number of benzene rings is 2. The number of H-pyrrole nitrogens is 1. The average molecular weight is 507 g/mol. The molecule has 0 spiro atoms. The third-order valence-corrected chi connectivity index (χ3v) is 5.68. The van der Waals surface area contributed by atoms with Crippen molar-refractivity contribution in [2.45, 2.75) is 45.0 Å². The van der Waals surface area contributed by atoms with Gasteiger partial charge in [0, 0.05) is 11.5 Å². The fraction of sp³-hybridized carbons (Fsp3) is 0.320. The highest BCUT2D eigenvalue weighted by Crippen LogP contribution is 2.31. The smallest absolute Gasteiger partial charge is 0.497 e. The summed E-state index contributed by atoms with van der Waals surface area (Å²) in [7, 11) is 1.55. The fourth-order valence-electron chi connectivity index (χ4n) is 3.61. The van der Waals surface area contributed by atoms with Gasteiger partial charge in [0.25, 0.3) is 11.5 Å². The fourth-order valence-corrected chi connectivity index (χ4v) is 3.61. The van der Waals surface area contributed by atoms with Crippen molar-refractivity contribution < 1.29 is 31.8 Å². The number of aromatic nitrogens is 2. The Kier molecular flexibility index (Phi) is 7.71. The number of carbonyl (C=O) groups is 1. The van der Waals surface area contributed by atoms with E-state index in [-0.39, 0.29) is 23.5 Å². The van der Waals surface area contributed by atoms with E-state index in [1.54, 1.807) is 26.2 Å². The van der Waals surface area contributed by atoms with Gasteiger partial charge < -0.3 is 19.8 Å². The van der Waals surface area contributed by atoms with Crippen LogP contribution in [-0.2, 0) is 5.41 Å². The van der Waals surface area contributed by atoms with Crippen LogP contribution in [0, 0.1) is 5.82 Å².